The molecule has 6 aromatic rings. The van der Waals surface area contributed by atoms with E-state index < -0.39 is 11.9 Å². The SMILES string of the molecule is CCCCCCCCCCCCCCOc1ccc(C(=O)Oc2ccc(C#Cc3cn4[n+](c3)[B-]n3cc(C#Cc5ccc(OC(=O)c6ccc(OCCCCCCCCCCCCCC)cc6)cc5)c[n+]3[B-]4)cc2)cc1. The summed E-state index contributed by atoms with van der Waals surface area (Å²) in [5.41, 5.74) is 4.17. The van der Waals surface area contributed by atoms with Crippen LogP contribution < -0.4 is 28.1 Å². The number of esters is 2. The lowest BCUT2D eigenvalue weighted by atomic mass is 10.1. The number of carbonyl (C=O) groups is 2. The number of unbranched alkanes of at least 4 members (excludes halogenated alkanes) is 22. The van der Waals surface area contributed by atoms with Gasteiger partial charge in [0.15, 0.2) is 0 Å². The van der Waals surface area contributed by atoms with Crippen LogP contribution in [0.5, 0.6) is 23.0 Å². The molecular weight excluding hydrogens is 942 g/mol. The Balaban J connectivity index is 0.765. The third-order valence-corrected chi connectivity index (χ3v) is 13.6. The molecule has 0 atom stereocenters. The number of ether oxygens (including phenoxy) is 4. The van der Waals surface area contributed by atoms with Gasteiger partial charge >= 0.3 is 27.0 Å². The largest absolute Gasteiger partial charge is 0.494 e. The first-order valence-electron chi connectivity index (χ1n) is 28.5. The molecule has 10 nitrogen and oxygen atoms in total. The molecule has 0 bridgehead atoms. The lowest BCUT2D eigenvalue weighted by Crippen LogP contribution is -2.70. The van der Waals surface area contributed by atoms with Crippen LogP contribution in [0.4, 0.5) is 0 Å². The Morgan fingerprint density at radius 2 is 0.671 bits per heavy atom. The van der Waals surface area contributed by atoms with E-state index in [4.69, 9.17) is 18.9 Å². The molecule has 0 amide bonds. The number of hydrogen-bond acceptors (Lipinski definition) is 6. The fraction of sp³-hybridized carbons (Fsp3) is 0.438. The van der Waals surface area contributed by atoms with Crippen molar-refractivity contribution < 1.29 is 37.7 Å². The minimum Gasteiger partial charge on any atom is -0.494 e. The van der Waals surface area contributed by atoms with E-state index >= 15 is 0 Å². The topological polar surface area (TPSA) is 88.7 Å². The lowest BCUT2D eigenvalue weighted by Gasteiger charge is -2.26. The van der Waals surface area contributed by atoms with E-state index in [0.29, 0.717) is 35.8 Å². The first kappa shape index (κ1) is 56.8. The molecule has 0 unspecified atom stereocenters. The summed E-state index contributed by atoms with van der Waals surface area (Å²) in [5, 5.41) is 0. The van der Waals surface area contributed by atoms with Crippen LogP contribution in [0.1, 0.15) is 211 Å². The van der Waals surface area contributed by atoms with Gasteiger partial charge in [-0.1, -0.05) is 179 Å². The standard InChI is InChI=1S/C64H78B2N4O6/c1-3-5-7-9-11-13-15-17-19-21-23-25-47-73-59-43-35-57(36-44-59)63(71)75-61-39-31-53(32-40-61)27-29-55-49-67-65-69-51-56(52-70(69)66-68(67)50-55)30-28-54-33-41-62(42-34-54)76-64(72)58-37-45-60(46-38-58)74-48-26-24-22-20-18-16-14-12-10-8-6-4-2/h31-46,49-52H,3-26,47-48H2,1-2H3. The molecule has 396 valence electrons. The van der Waals surface area contributed by atoms with Crippen LogP contribution >= 0.6 is 0 Å². The second-order valence-corrected chi connectivity index (χ2v) is 20.0. The summed E-state index contributed by atoms with van der Waals surface area (Å²) in [5.74, 6) is 14.5. The summed E-state index contributed by atoms with van der Waals surface area (Å²) in [6, 6.07) is 28.7. The number of nitrogens with zero attached hydrogens (tertiary/aromatic N) is 4. The van der Waals surface area contributed by atoms with Gasteiger partial charge < -0.3 is 37.3 Å². The molecule has 0 spiro atoms. The highest BCUT2D eigenvalue weighted by Gasteiger charge is 2.15. The second kappa shape index (κ2) is 32.5. The van der Waals surface area contributed by atoms with Gasteiger partial charge in [-0.25, -0.2) is 9.59 Å². The maximum Gasteiger partial charge on any atom is 0.343 e. The number of benzene rings is 4. The molecule has 1 aliphatic rings. The monoisotopic (exact) mass is 1020 g/mol. The van der Waals surface area contributed by atoms with Gasteiger partial charge in [-0.3, -0.25) is 0 Å². The molecular formula is C64H78B2N4O6. The lowest BCUT2D eigenvalue weighted by molar-refractivity contribution is -0.690. The van der Waals surface area contributed by atoms with Crippen molar-refractivity contribution >= 4 is 27.0 Å². The van der Waals surface area contributed by atoms with Crippen LogP contribution in [0.3, 0.4) is 0 Å². The van der Waals surface area contributed by atoms with E-state index in [1.165, 1.54) is 141 Å². The molecule has 0 saturated carbocycles. The molecule has 4 radical (unpaired) electrons. The fourth-order valence-corrected chi connectivity index (χ4v) is 9.12. The van der Waals surface area contributed by atoms with Gasteiger partial charge in [-0.05, 0) is 110 Å². The van der Waals surface area contributed by atoms with Crippen molar-refractivity contribution in [3.05, 3.63) is 155 Å². The highest BCUT2D eigenvalue weighted by Crippen LogP contribution is 2.20. The Kier molecular flexibility index (Phi) is 24.3. The first-order valence-corrected chi connectivity index (χ1v) is 28.5. The average molecular weight is 1020 g/mol. The average Bonchev–Trinajstić information content (AvgIpc) is 4.05. The Bertz CT molecular complexity index is 2570. The van der Waals surface area contributed by atoms with E-state index in [2.05, 4.69) is 37.5 Å². The molecule has 2 aromatic heterocycles. The van der Waals surface area contributed by atoms with Crippen molar-refractivity contribution in [1.82, 2.24) is 9.19 Å². The van der Waals surface area contributed by atoms with Crippen molar-refractivity contribution in [3.8, 4) is 46.7 Å². The van der Waals surface area contributed by atoms with Gasteiger partial charge in [-0.15, -0.1) is 0 Å². The second-order valence-electron chi connectivity index (χ2n) is 20.0. The van der Waals surface area contributed by atoms with Crippen LogP contribution in [-0.2, 0) is 0 Å². The van der Waals surface area contributed by atoms with Crippen LogP contribution in [0.25, 0.3) is 0 Å². The minimum atomic E-state index is -0.423. The molecule has 12 heteroatoms. The van der Waals surface area contributed by atoms with Crippen LogP contribution in [0.15, 0.2) is 122 Å². The zero-order valence-corrected chi connectivity index (χ0v) is 45.3. The normalized spacial score (nSPS) is 11.4. The number of hydrogen-bond donors (Lipinski definition) is 0. The number of carbonyl (C=O) groups excluding carboxylic acids is 2. The maximum atomic E-state index is 12.9. The number of rotatable bonds is 32. The quantitative estimate of drug-likeness (QED) is 0.0137. The predicted molar refractivity (Wildman–Crippen MR) is 303 cm³/mol. The summed E-state index contributed by atoms with van der Waals surface area (Å²) in [7, 11) is 3.87. The molecule has 0 N–H and O–H groups in total. The molecule has 4 aromatic carbocycles. The molecule has 0 aliphatic carbocycles. The molecule has 3 heterocycles. The predicted octanol–water partition coefficient (Wildman–Crippen LogP) is 13.4. The first-order chi connectivity index (χ1) is 37.4. The van der Waals surface area contributed by atoms with Crippen molar-refractivity contribution in [2.45, 2.75) is 168 Å². The minimum absolute atomic E-state index is 0.423. The summed E-state index contributed by atoms with van der Waals surface area (Å²) in [4.78, 5) is 25.8. The number of fused-ring (bicyclic) bond motifs is 2. The Morgan fingerprint density at radius 3 is 1.00 bits per heavy atom. The van der Waals surface area contributed by atoms with Gasteiger partial charge in [0.1, 0.15) is 46.5 Å². The van der Waals surface area contributed by atoms with Gasteiger partial charge in [0.2, 0.25) is 0 Å². The zero-order valence-electron chi connectivity index (χ0n) is 45.3. The third kappa shape index (κ3) is 20.0. The van der Waals surface area contributed by atoms with Crippen LogP contribution in [-0.4, -0.2) is 49.4 Å². The van der Waals surface area contributed by atoms with Crippen molar-refractivity contribution in [2.24, 2.45) is 0 Å². The van der Waals surface area contributed by atoms with Crippen molar-refractivity contribution in [2.75, 3.05) is 13.2 Å². The van der Waals surface area contributed by atoms with E-state index in [1.807, 2.05) is 107 Å². The fourth-order valence-electron chi connectivity index (χ4n) is 9.12. The van der Waals surface area contributed by atoms with E-state index in [9.17, 15) is 9.59 Å². The van der Waals surface area contributed by atoms with Crippen molar-refractivity contribution in [1.29, 1.82) is 0 Å². The van der Waals surface area contributed by atoms with Crippen LogP contribution in [0.2, 0.25) is 0 Å². The molecule has 7 rings (SSSR count). The smallest absolute Gasteiger partial charge is 0.343 e. The van der Waals surface area contributed by atoms with Gasteiger partial charge in [0, 0.05) is 23.5 Å². The zero-order chi connectivity index (χ0) is 52.8. The van der Waals surface area contributed by atoms with E-state index in [0.717, 1.165) is 46.6 Å². The van der Waals surface area contributed by atoms with E-state index in [1.54, 1.807) is 48.5 Å². The molecule has 0 saturated heterocycles. The van der Waals surface area contributed by atoms with Crippen LogP contribution in [0, 0.1) is 23.7 Å². The maximum absolute atomic E-state index is 12.9. The third-order valence-electron chi connectivity index (χ3n) is 13.6. The molecule has 1 aliphatic heterocycles. The van der Waals surface area contributed by atoms with Gasteiger partial charge in [0.05, 0.1) is 24.3 Å². The summed E-state index contributed by atoms with van der Waals surface area (Å²) < 4.78 is 30.9. The Labute approximate surface area is 455 Å². The van der Waals surface area contributed by atoms with E-state index in [-0.39, 0.29) is 0 Å². The summed E-state index contributed by atoms with van der Waals surface area (Å²) in [6.45, 7) is 5.90. The summed E-state index contributed by atoms with van der Waals surface area (Å²) >= 11 is 0. The molecule has 0 fully saturated rings. The molecule has 76 heavy (non-hydrogen) atoms. The van der Waals surface area contributed by atoms with Gasteiger partial charge in [-0.2, -0.15) is 0 Å². The highest BCUT2D eigenvalue weighted by atomic mass is 16.5. The van der Waals surface area contributed by atoms with Gasteiger partial charge in [0.25, 0.3) is 0 Å². The highest BCUT2D eigenvalue weighted by molar-refractivity contribution is 6.28. The Hall–Kier alpha value is -6.91. The summed E-state index contributed by atoms with van der Waals surface area (Å²) in [6.07, 6.45) is 39.3. The van der Waals surface area contributed by atoms with Crippen molar-refractivity contribution in [3.63, 3.8) is 0 Å². The number of aromatic nitrogens is 4. The Morgan fingerprint density at radius 1 is 0.382 bits per heavy atom.